The van der Waals surface area contributed by atoms with Crippen LogP contribution in [-0.4, -0.2) is 27.5 Å². The molecule has 0 bridgehead atoms. The maximum absolute atomic E-state index is 13.2. The molecule has 0 fully saturated rings. The average Bonchev–Trinajstić information content (AvgIpc) is 3.23. The van der Waals surface area contributed by atoms with Gasteiger partial charge in [0.1, 0.15) is 12.1 Å². The summed E-state index contributed by atoms with van der Waals surface area (Å²) in [5.74, 6) is 0.626. The molecule has 25 heavy (non-hydrogen) atoms. The van der Waals surface area contributed by atoms with Crippen LogP contribution in [0.4, 0.5) is 10.3 Å². The highest BCUT2D eigenvalue weighted by Crippen LogP contribution is 2.32. The first-order chi connectivity index (χ1) is 12.2. The number of ether oxygens (including phenoxy) is 2. The fourth-order valence-electron chi connectivity index (χ4n) is 2.46. The number of carbonyl (C=O) groups excluding carboxylic acids is 1. The van der Waals surface area contributed by atoms with Crippen LogP contribution in [0.5, 0.6) is 11.5 Å². The molecule has 2 heterocycles. The van der Waals surface area contributed by atoms with Crippen molar-refractivity contribution < 1.29 is 18.7 Å². The summed E-state index contributed by atoms with van der Waals surface area (Å²) in [6.07, 6.45) is 1.47. The lowest BCUT2D eigenvalue weighted by atomic mass is 10.2. The van der Waals surface area contributed by atoms with Gasteiger partial charge in [-0.05, 0) is 35.9 Å². The summed E-state index contributed by atoms with van der Waals surface area (Å²) in [5, 5.41) is 6.78. The molecule has 0 aliphatic carbocycles. The molecular formula is C17H13FN4O3. The topological polar surface area (TPSA) is 78.3 Å². The zero-order valence-corrected chi connectivity index (χ0v) is 13.0. The van der Waals surface area contributed by atoms with Crippen molar-refractivity contribution in [1.29, 1.82) is 0 Å². The number of rotatable bonds is 4. The van der Waals surface area contributed by atoms with Gasteiger partial charge in [0.2, 0.25) is 12.7 Å². The second kappa shape index (κ2) is 6.23. The Balaban J connectivity index is 1.44. The zero-order chi connectivity index (χ0) is 17.2. The van der Waals surface area contributed by atoms with Crippen molar-refractivity contribution >= 4 is 11.9 Å². The summed E-state index contributed by atoms with van der Waals surface area (Å²) >= 11 is 0. The van der Waals surface area contributed by atoms with Gasteiger partial charge < -0.3 is 9.47 Å². The van der Waals surface area contributed by atoms with E-state index in [4.69, 9.17) is 9.47 Å². The van der Waals surface area contributed by atoms with E-state index in [1.165, 1.54) is 23.1 Å². The Hall–Kier alpha value is -3.42. The summed E-state index contributed by atoms with van der Waals surface area (Å²) in [6, 6.07) is 11.1. The lowest BCUT2D eigenvalue weighted by molar-refractivity contribution is 0.102. The number of nitrogens with zero attached hydrogens (tertiary/aromatic N) is 3. The van der Waals surface area contributed by atoms with E-state index >= 15 is 0 Å². The molecule has 1 aromatic heterocycles. The quantitative estimate of drug-likeness (QED) is 0.789. The van der Waals surface area contributed by atoms with Crippen LogP contribution in [-0.2, 0) is 6.54 Å². The zero-order valence-electron chi connectivity index (χ0n) is 13.0. The predicted octanol–water partition coefficient (Wildman–Crippen LogP) is 2.45. The molecule has 0 saturated heterocycles. The largest absolute Gasteiger partial charge is 0.454 e. The second-order valence-electron chi connectivity index (χ2n) is 5.42. The molecule has 0 radical (unpaired) electrons. The summed E-state index contributed by atoms with van der Waals surface area (Å²) < 4.78 is 25.2. The predicted molar refractivity (Wildman–Crippen MR) is 86.0 cm³/mol. The van der Waals surface area contributed by atoms with Crippen molar-refractivity contribution in [1.82, 2.24) is 14.8 Å². The van der Waals surface area contributed by atoms with Crippen LogP contribution < -0.4 is 14.8 Å². The fraction of sp³-hybridized carbons (Fsp3) is 0.118. The number of halogens is 1. The van der Waals surface area contributed by atoms with Crippen LogP contribution >= 0.6 is 0 Å². The number of benzene rings is 2. The summed E-state index contributed by atoms with van der Waals surface area (Å²) in [4.78, 5) is 16.3. The summed E-state index contributed by atoms with van der Waals surface area (Å²) in [6.45, 7) is 0.497. The van der Waals surface area contributed by atoms with Crippen LogP contribution in [0.1, 0.15) is 15.9 Å². The lowest BCUT2D eigenvalue weighted by Crippen LogP contribution is -2.13. The Morgan fingerprint density at radius 1 is 1.20 bits per heavy atom. The fourth-order valence-corrected chi connectivity index (χ4v) is 2.46. The number of hydrogen-bond donors (Lipinski definition) is 1. The van der Waals surface area contributed by atoms with Crippen molar-refractivity contribution in [2.24, 2.45) is 0 Å². The third-order valence-electron chi connectivity index (χ3n) is 3.63. The SMILES string of the molecule is O=C(Nc1ncn(Cc2cccc(F)c2)n1)c1ccc2c(c1)OCO2. The molecule has 1 aliphatic rings. The Labute approximate surface area is 142 Å². The highest BCUT2D eigenvalue weighted by Gasteiger charge is 2.17. The second-order valence-corrected chi connectivity index (χ2v) is 5.42. The van der Waals surface area contributed by atoms with Gasteiger partial charge in [0.15, 0.2) is 11.5 Å². The van der Waals surface area contributed by atoms with E-state index in [0.717, 1.165) is 5.56 Å². The van der Waals surface area contributed by atoms with E-state index in [-0.39, 0.29) is 24.5 Å². The Kier molecular flexibility index (Phi) is 3.77. The third kappa shape index (κ3) is 3.27. The minimum atomic E-state index is -0.359. The number of aromatic nitrogens is 3. The maximum atomic E-state index is 13.2. The van der Waals surface area contributed by atoms with Gasteiger partial charge in [-0.2, -0.15) is 0 Å². The van der Waals surface area contributed by atoms with Gasteiger partial charge in [0.05, 0.1) is 6.54 Å². The molecular weight excluding hydrogens is 327 g/mol. The molecule has 0 saturated carbocycles. The molecule has 8 heteroatoms. The van der Waals surface area contributed by atoms with Crippen molar-refractivity contribution in [2.45, 2.75) is 6.54 Å². The molecule has 4 rings (SSSR count). The van der Waals surface area contributed by atoms with E-state index in [0.29, 0.717) is 23.6 Å². The highest BCUT2D eigenvalue weighted by atomic mass is 19.1. The van der Waals surface area contributed by atoms with Crippen LogP contribution in [0.25, 0.3) is 0 Å². The maximum Gasteiger partial charge on any atom is 0.258 e. The molecule has 0 unspecified atom stereocenters. The van der Waals surface area contributed by atoms with E-state index in [1.807, 2.05) is 0 Å². The number of amides is 1. The van der Waals surface area contributed by atoms with Gasteiger partial charge in [-0.15, -0.1) is 5.10 Å². The van der Waals surface area contributed by atoms with E-state index in [9.17, 15) is 9.18 Å². The molecule has 3 aromatic rings. The average molecular weight is 340 g/mol. The first-order valence-corrected chi connectivity index (χ1v) is 7.52. The molecule has 1 amide bonds. The van der Waals surface area contributed by atoms with E-state index in [2.05, 4.69) is 15.4 Å². The summed E-state index contributed by atoms with van der Waals surface area (Å²) in [5.41, 5.74) is 1.16. The molecule has 2 aromatic carbocycles. The Morgan fingerprint density at radius 2 is 2.08 bits per heavy atom. The molecule has 7 nitrogen and oxygen atoms in total. The number of fused-ring (bicyclic) bond motifs is 1. The minimum Gasteiger partial charge on any atom is -0.454 e. The van der Waals surface area contributed by atoms with Crippen LogP contribution in [0.3, 0.4) is 0 Å². The van der Waals surface area contributed by atoms with Crippen molar-refractivity contribution in [3.63, 3.8) is 0 Å². The molecule has 1 N–H and O–H groups in total. The van der Waals surface area contributed by atoms with Gasteiger partial charge in [0, 0.05) is 5.56 Å². The Bertz CT molecular complexity index is 941. The highest BCUT2D eigenvalue weighted by molar-refractivity contribution is 6.03. The third-order valence-corrected chi connectivity index (χ3v) is 3.63. The van der Waals surface area contributed by atoms with Crippen LogP contribution in [0.15, 0.2) is 48.8 Å². The molecule has 126 valence electrons. The van der Waals surface area contributed by atoms with Crippen molar-refractivity contribution in [3.8, 4) is 11.5 Å². The first-order valence-electron chi connectivity index (χ1n) is 7.52. The number of nitrogens with one attached hydrogen (secondary N) is 1. The standard InChI is InChI=1S/C17H13FN4O3/c18-13-3-1-2-11(6-13)8-22-9-19-17(21-22)20-16(23)12-4-5-14-15(7-12)25-10-24-14/h1-7,9H,8,10H2,(H,20,21,23). The van der Waals surface area contributed by atoms with E-state index < -0.39 is 0 Å². The van der Waals surface area contributed by atoms with Gasteiger partial charge in [-0.1, -0.05) is 12.1 Å². The van der Waals surface area contributed by atoms with Crippen LogP contribution in [0.2, 0.25) is 0 Å². The number of carbonyl (C=O) groups is 1. The lowest BCUT2D eigenvalue weighted by Gasteiger charge is -2.03. The molecule has 0 spiro atoms. The van der Waals surface area contributed by atoms with Crippen molar-refractivity contribution in [2.75, 3.05) is 12.1 Å². The monoisotopic (exact) mass is 340 g/mol. The minimum absolute atomic E-state index is 0.145. The van der Waals surface area contributed by atoms with Crippen LogP contribution in [0, 0.1) is 5.82 Å². The van der Waals surface area contributed by atoms with Crippen molar-refractivity contribution in [3.05, 3.63) is 65.7 Å². The number of anilines is 1. The van der Waals surface area contributed by atoms with E-state index in [1.54, 1.807) is 30.3 Å². The first kappa shape index (κ1) is 15.1. The summed E-state index contributed by atoms with van der Waals surface area (Å²) in [7, 11) is 0. The molecule has 1 aliphatic heterocycles. The van der Waals surface area contributed by atoms with Gasteiger partial charge in [-0.3, -0.25) is 10.1 Å². The number of hydrogen-bond acceptors (Lipinski definition) is 5. The van der Waals surface area contributed by atoms with Gasteiger partial charge >= 0.3 is 0 Å². The smallest absolute Gasteiger partial charge is 0.258 e. The molecule has 0 atom stereocenters. The Morgan fingerprint density at radius 3 is 2.96 bits per heavy atom. The normalized spacial score (nSPS) is 12.2. The van der Waals surface area contributed by atoms with Gasteiger partial charge in [-0.25, -0.2) is 14.1 Å². The van der Waals surface area contributed by atoms with Gasteiger partial charge in [0.25, 0.3) is 5.91 Å².